The van der Waals surface area contributed by atoms with Crippen molar-refractivity contribution in [3.8, 4) is 0 Å². The Balaban J connectivity index is 2.72. The Labute approximate surface area is 381 Å². The van der Waals surface area contributed by atoms with Gasteiger partial charge in [0.05, 0.1) is 6.61 Å². The number of aliphatic hydroxyl groups is 2. The molecule has 0 amide bonds. The van der Waals surface area contributed by atoms with Crippen LogP contribution >= 0.6 is 0 Å². The maximum atomic E-state index is 13.0. The van der Waals surface area contributed by atoms with E-state index in [9.17, 15) is 34.5 Å². The van der Waals surface area contributed by atoms with E-state index in [1.165, 1.54) is 77.0 Å². The molecular weight excluding hydrogens is 805 g/mol. The maximum absolute atomic E-state index is 13.0. The molecule has 1 saturated heterocycles. The second kappa shape index (κ2) is 40.7. The number of hydrogen-bond donors (Lipinski definition) is 3. The first-order valence-corrected chi connectivity index (χ1v) is 25.3. The smallest absolute Gasteiger partial charge is 0.335 e. The fraction of sp³-hybridized carbons (Fsp3) is 0.843. The van der Waals surface area contributed by atoms with E-state index in [2.05, 4.69) is 45.1 Å². The number of aliphatic carboxylic acids is 1. The molecule has 0 aromatic carbocycles. The van der Waals surface area contributed by atoms with E-state index in [-0.39, 0.29) is 25.9 Å². The van der Waals surface area contributed by atoms with Gasteiger partial charge in [-0.25, -0.2) is 4.79 Å². The molecule has 366 valence electrons. The van der Waals surface area contributed by atoms with Crippen molar-refractivity contribution in [3.63, 3.8) is 0 Å². The number of carboxylic acid groups (broad SMARTS) is 1. The van der Waals surface area contributed by atoms with Crippen LogP contribution in [0.15, 0.2) is 24.3 Å². The van der Waals surface area contributed by atoms with Gasteiger partial charge >= 0.3 is 23.9 Å². The Morgan fingerprint density at radius 2 is 0.952 bits per heavy atom. The number of carbonyl (C=O) groups is 4. The molecule has 1 aliphatic rings. The van der Waals surface area contributed by atoms with Crippen LogP contribution in [0, 0.1) is 0 Å². The highest BCUT2D eigenvalue weighted by Crippen LogP contribution is 2.26. The summed E-state index contributed by atoms with van der Waals surface area (Å²) in [6, 6.07) is 0. The van der Waals surface area contributed by atoms with Crippen LogP contribution in [0.1, 0.15) is 226 Å². The van der Waals surface area contributed by atoms with Gasteiger partial charge in [0.1, 0.15) is 18.8 Å². The number of carbonyl (C=O) groups excluding carboxylic acids is 3. The van der Waals surface area contributed by atoms with Gasteiger partial charge in [-0.1, -0.05) is 180 Å². The minimum atomic E-state index is -1.90. The van der Waals surface area contributed by atoms with Crippen molar-refractivity contribution in [2.75, 3.05) is 13.2 Å². The van der Waals surface area contributed by atoms with Crippen molar-refractivity contribution < 1.29 is 58.2 Å². The summed E-state index contributed by atoms with van der Waals surface area (Å²) < 4.78 is 28.2. The molecule has 63 heavy (non-hydrogen) atoms. The third-order valence-electron chi connectivity index (χ3n) is 11.5. The van der Waals surface area contributed by atoms with Gasteiger partial charge in [0.15, 0.2) is 24.6 Å². The lowest BCUT2D eigenvalue weighted by Gasteiger charge is -2.40. The number of esters is 3. The lowest BCUT2D eigenvalue weighted by molar-refractivity contribution is -0.301. The molecule has 1 heterocycles. The summed E-state index contributed by atoms with van der Waals surface area (Å²) in [5.41, 5.74) is 0. The molecule has 1 fully saturated rings. The average molecular weight is 895 g/mol. The predicted molar refractivity (Wildman–Crippen MR) is 248 cm³/mol. The number of ether oxygens (including phenoxy) is 5. The molecule has 0 radical (unpaired) electrons. The summed E-state index contributed by atoms with van der Waals surface area (Å²) in [6.07, 6.45) is 30.5. The van der Waals surface area contributed by atoms with E-state index in [0.717, 1.165) is 89.9 Å². The molecular formula is C51H90O12. The fourth-order valence-electron chi connectivity index (χ4n) is 7.57. The summed E-state index contributed by atoms with van der Waals surface area (Å²) in [7, 11) is 0. The molecule has 6 unspecified atom stereocenters. The lowest BCUT2D eigenvalue weighted by atomic mass is 9.98. The molecule has 0 aliphatic carbocycles. The zero-order valence-electron chi connectivity index (χ0n) is 39.8. The van der Waals surface area contributed by atoms with Gasteiger partial charge < -0.3 is 39.0 Å². The number of unbranched alkanes of at least 4 members (excludes halogenated alkanes) is 24. The van der Waals surface area contributed by atoms with Crippen LogP contribution < -0.4 is 0 Å². The minimum Gasteiger partial charge on any atom is -0.479 e. The van der Waals surface area contributed by atoms with Crippen LogP contribution in [-0.2, 0) is 42.9 Å². The van der Waals surface area contributed by atoms with Crippen LogP contribution in [0.5, 0.6) is 0 Å². The highest BCUT2D eigenvalue weighted by molar-refractivity contribution is 5.74. The summed E-state index contributed by atoms with van der Waals surface area (Å²) >= 11 is 0. The monoisotopic (exact) mass is 895 g/mol. The molecule has 0 aromatic heterocycles. The van der Waals surface area contributed by atoms with Crippen LogP contribution in [0.2, 0.25) is 0 Å². The Morgan fingerprint density at radius 1 is 0.524 bits per heavy atom. The molecule has 0 saturated carbocycles. The Hall–Kier alpha value is -2.80. The van der Waals surface area contributed by atoms with Crippen molar-refractivity contribution in [1.82, 2.24) is 0 Å². The topological polar surface area (TPSA) is 175 Å². The van der Waals surface area contributed by atoms with Gasteiger partial charge in [-0.15, -0.1) is 0 Å². The van der Waals surface area contributed by atoms with Crippen molar-refractivity contribution in [3.05, 3.63) is 24.3 Å². The maximum Gasteiger partial charge on any atom is 0.335 e. The molecule has 1 aliphatic heterocycles. The van der Waals surface area contributed by atoms with Gasteiger partial charge in [-0.3, -0.25) is 14.4 Å². The number of aliphatic hydroxyl groups excluding tert-OH is 2. The molecule has 12 heteroatoms. The largest absolute Gasteiger partial charge is 0.479 e. The quantitative estimate of drug-likeness (QED) is 0.0229. The zero-order chi connectivity index (χ0) is 46.2. The molecule has 1 rings (SSSR count). The number of carboxylic acids is 1. The minimum absolute atomic E-state index is 0.0635. The van der Waals surface area contributed by atoms with Crippen molar-refractivity contribution in [1.29, 1.82) is 0 Å². The van der Waals surface area contributed by atoms with Crippen LogP contribution in [0.3, 0.4) is 0 Å². The van der Waals surface area contributed by atoms with Gasteiger partial charge in [-0.05, 0) is 51.4 Å². The van der Waals surface area contributed by atoms with Crippen LogP contribution in [0.4, 0.5) is 0 Å². The highest BCUT2D eigenvalue weighted by atomic mass is 16.7. The van der Waals surface area contributed by atoms with E-state index in [1.807, 2.05) is 0 Å². The van der Waals surface area contributed by atoms with E-state index < -0.39 is 67.3 Å². The van der Waals surface area contributed by atoms with Crippen molar-refractivity contribution in [2.24, 2.45) is 0 Å². The first kappa shape index (κ1) is 58.2. The second-order valence-electron chi connectivity index (χ2n) is 17.5. The fourth-order valence-corrected chi connectivity index (χ4v) is 7.57. The van der Waals surface area contributed by atoms with E-state index in [1.54, 1.807) is 0 Å². The molecule has 0 aromatic rings. The van der Waals surface area contributed by atoms with Gasteiger partial charge in [0, 0.05) is 19.3 Å². The van der Waals surface area contributed by atoms with E-state index in [0.29, 0.717) is 19.3 Å². The highest BCUT2D eigenvalue weighted by Gasteiger charge is 2.50. The molecule has 6 atom stereocenters. The van der Waals surface area contributed by atoms with Gasteiger partial charge in [0.25, 0.3) is 0 Å². The van der Waals surface area contributed by atoms with Crippen LogP contribution in [-0.4, -0.2) is 89.2 Å². The molecule has 0 bridgehead atoms. The molecule has 12 nitrogen and oxygen atoms in total. The summed E-state index contributed by atoms with van der Waals surface area (Å²) in [6.45, 7) is 5.87. The Bertz CT molecular complexity index is 1200. The predicted octanol–water partition coefficient (Wildman–Crippen LogP) is 11.6. The first-order chi connectivity index (χ1) is 30.6. The van der Waals surface area contributed by atoms with Crippen molar-refractivity contribution >= 4 is 23.9 Å². The van der Waals surface area contributed by atoms with Gasteiger partial charge in [-0.2, -0.15) is 0 Å². The van der Waals surface area contributed by atoms with E-state index in [4.69, 9.17) is 23.7 Å². The van der Waals surface area contributed by atoms with E-state index >= 15 is 0 Å². The zero-order valence-corrected chi connectivity index (χ0v) is 39.8. The normalized spacial score (nSPS) is 19.4. The SMILES string of the molecule is CCCCC/C=C\C/C=C\CCCCCCCC(=O)OCC(COC1OC(C(=O)O)C(O)C(O)C1OC(=O)CCCCCCCCCCC)OC(=O)CCCCCCCCCCC. The first-order valence-electron chi connectivity index (χ1n) is 25.3. The number of allylic oxidation sites excluding steroid dienone is 4. The third kappa shape index (κ3) is 31.7. The Kier molecular flexibility index (Phi) is 37.6. The molecule has 3 N–H and O–H groups in total. The summed E-state index contributed by atoms with van der Waals surface area (Å²) in [5.74, 6) is -3.13. The van der Waals surface area contributed by atoms with Crippen molar-refractivity contribution in [2.45, 2.75) is 263 Å². The Morgan fingerprint density at radius 3 is 1.46 bits per heavy atom. The number of rotatable bonds is 42. The summed E-state index contributed by atoms with van der Waals surface area (Å²) in [5, 5.41) is 31.2. The van der Waals surface area contributed by atoms with Gasteiger partial charge in [0.2, 0.25) is 0 Å². The van der Waals surface area contributed by atoms with Crippen LogP contribution in [0.25, 0.3) is 0 Å². The summed E-state index contributed by atoms with van der Waals surface area (Å²) in [4.78, 5) is 50.6. The number of hydrogen-bond acceptors (Lipinski definition) is 11. The third-order valence-corrected chi connectivity index (χ3v) is 11.5. The lowest BCUT2D eigenvalue weighted by Crippen LogP contribution is -2.61. The second-order valence-corrected chi connectivity index (χ2v) is 17.5. The standard InChI is InChI=1S/C51H90O12/c1-4-7-10-13-16-19-20-21-22-23-24-27-28-31-34-37-43(52)59-40-42(61-44(53)38-35-32-29-25-17-14-11-8-5-2)41-60-51-49(47(56)46(55)48(63-51)50(57)58)62-45(54)39-36-33-30-26-18-15-12-9-6-3/h16,19,21-22,42,46-49,51,55-56H,4-15,17-18,20,23-41H2,1-3H3,(H,57,58)/b19-16-,22-21-. The molecule has 0 spiro atoms. The average Bonchev–Trinajstić information content (AvgIpc) is 3.26.